The zero-order valence-electron chi connectivity index (χ0n) is 15.7. The number of nitrogens with zero attached hydrogens (tertiary/aromatic N) is 1. The molecule has 0 aromatic heterocycles. The number of carbonyl (C=O) groups is 3. The van der Waals surface area contributed by atoms with E-state index in [2.05, 4.69) is 5.32 Å². The molecule has 0 spiro atoms. The van der Waals surface area contributed by atoms with Gasteiger partial charge in [-0.3, -0.25) is 9.59 Å². The summed E-state index contributed by atoms with van der Waals surface area (Å²) in [6.07, 6.45) is -4.60. The van der Waals surface area contributed by atoms with Gasteiger partial charge in [-0.2, -0.15) is 13.2 Å². The van der Waals surface area contributed by atoms with E-state index in [4.69, 9.17) is 4.74 Å². The molecule has 9 heteroatoms. The normalized spacial score (nSPS) is 10.9. The molecule has 154 valence electrons. The Morgan fingerprint density at radius 2 is 1.72 bits per heavy atom. The van der Waals surface area contributed by atoms with Crippen LogP contribution in [0.25, 0.3) is 0 Å². The number of alkyl halides is 3. The molecule has 2 aromatic carbocycles. The maximum atomic E-state index is 12.7. The van der Waals surface area contributed by atoms with E-state index in [9.17, 15) is 27.6 Å². The van der Waals surface area contributed by atoms with E-state index in [1.165, 1.54) is 7.05 Å². The highest BCUT2D eigenvalue weighted by Gasteiger charge is 2.31. The maximum Gasteiger partial charge on any atom is 0.416 e. The lowest BCUT2D eigenvalue weighted by molar-refractivity contribution is -0.137. The van der Waals surface area contributed by atoms with Gasteiger partial charge in [-0.05, 0) is 37.3 Å². The molecule has 0 fully saturated rings. The molecule has 1 N–H and O–H groups in total. The molecule has 0 radical (unpaired) electrons. The molecule has 2 rings (SSSR count). The Kier molecular flexibility index (Phi) is 6.98. The van der Waals surface area contributed by atoms with E-state index < -0.39 is 36.1 Å². The van der Waals surface area contributed by atoms with Gasteiger partial charge in [0.2, 0.25) is 5.91 Å². The van der Waals surface area contributed by atoms with Crippen molar-refractivity contribution < 1.29 is 32.3 Å². The van der Waals surface area contributed by atoms with Crippen LogP contribution in [0.2, 0.25) is 0 Å². The first-order valence-electron chi connectivity index (χ1n) is 8.51. The van der Waals surface area contributed by atoms with E-state index >= 15 is 0 Å². The minimum Gasteiger partial charge on any atom is -0.452 e. The lowest BCUT2D eigenvalue weighted by Crippen LogP contribution is -2.37. The van der Waals surface area contributed by atoms with Crippen LogP contribution in [0.4, 0.5) is 18.9 Å². The van der Waals surface area contributed by atoms with E-state index in [0.29, 0.717) is 11.8 Å². The first-order valence-corrected chi connectivity index (χ1v) is 8.51. The summed E-state index contributed by atoms with van der Waals surface area (Å²) in [5, 5.41) is 2.62. The summed E-state index contributed by atoms with van der Waals surface area (Å²) in [7, 11) is 1.34. The third-order valence-electron chi connectivity index (χ3n) is 3.89. The van der Waals surface area contributed by atoms with Crippen LogP contribution in [0.3, 0.4) is 0 Å². The van der Waals surface area contributed by atoms with Gasteiger partial charge in [0.05, 0.1) is 17.7 Å². The number of rotatable bonds is 6. The van der Waals surface area contributed by atoms with Gasteiger partial charge in [0.25, 0.3) is 5.91 Å². The van der Waals surface area contributed by atoms with Gasteiger partial charge in [-0.25, -0.2) is 4.79 Å². The lowest BCUT2D eigenvalue weighted by atomic mass is 10.1. The van der Waals surface area contributed by atoms with Crippen molar-refractivity contribution in [3.8, 4) is 0 Å². The molecule has 0 saturated heterocycles. The molecule has 0 aliphatic carbocycles. The summed E-state index contributed by atoms with van der Waals surface area (Å²) in [6, 6.07) is 10.8. The Morgan fingerprint density at radius 3 is 2.34 bits per heavy atom. The van der Waals surface area contributed by atoms with Crippen LogP contribution in [0, 0.1) is 6.92 Å². The summed E-state index contributed by atoms with van der Waals surface area (Å²) < 4.78 is 42.9. The first kappa shape index (κ1) is 21.9. The number of ether oxygens (including phenoxy) is 1. The second-order valence-corrected chi connectivity index (χ2v) is 6.32. The van der Waals surface area contributed by atoms with E-state index in [0.717, 1.165) is 28.7 Å². The van der Waals surface area contributed by atoms with Crippen LogP contribution in [-0.4, -0.2) is 42.9 Å². The van der Waals surface area contributed by atoms with E-state index in [-0.39, 0.29) is 12.1 Å². The number of aryl methyl sites for hydroxylation is 1. The highest BCUT2D eigenvalue weighted by atomic mass is 19.4. The van der Waals surface area contributed by atoms with Gasteiger partial charge >= 0.3 is 12.1 Å². The van der Waals surface area contributed by atoms with Crippen LogP contribution in [0.15, 0.2) is 48.5 Å². The molecular formula is C20H19F3N2O4. The number of carbonyl (C=O) groups excluding carboxylic acids is 3. The minimum absolute atomic E-state index is 0.284. The fraction of sp³-hybridized carbons (Fsp3) is 0.250. The van der Waals surface area contributed by atoms with Crippen molar-refractivity contribution in [2.24, 2.45) is 0 Å². The molecule has 0 bridgehead atoms. The molecule has 29 heavy (non-hydrogen) atoms. The molecule has 0 heterocycles. The van der Waals surface area contributed by atoms with Crippen LogP contribution < -0.4 is 5.32 Å². The zero-order chi connectivity index (χ0) is 21.6. The third kappa shape index (κ3) is 6.63. The average molecular weight is 408 g/mol. The summed E-state index contributed by atoms with van der Waals surface area (Å²) in [6.45, 7) is 0.913. The van der Waals surface area contributed by atoms with Gasteiger partial charge in [-0.1, -0.05) is 23.8 Å². The molecule has 2 aromatic rings. The van der Waals surface area contributed by atoms with Crippen molar-refractivity contribution >= 4 is 23.5 Å². The lowest BCUT2D eigenvalue weighted by Gasteiger charge is -2.17. The van der Waals surface area contributed by atoms with Crippen molar-refractivity contribution in [3.63, 3.8) is 0 Å². The van der Waals surface area contributed by atoms with Crippen LogP contribution in [-0.2, 0) is 20.5 Å². The topological polar surface area (TPSA) is 75.7 Å². The van der Waals surface area contributed by atoms with Crippen molar-refractivity contribution in [1.29, 1.82) is 0 Å². The van der Waals surface area contributed by atoms with Gasteiger partial charge in [0, 0.05) is 12.7 Å². The standard InChI is InChI=1S/C20H19F3N2O4/c1-13-6-8-16(9-7-13)24-17(26)11-25(2)18(27)12-29-19(28)14-4-3-5-15(10-14)20(21,22)23/h3-10H,11-12H2,1-2H3,(H,24,26). The fourth-order valence-corrected chi connectivity index (χ4v) is 2.28. The number of hydrogen-bond donors (Lipinski definition) is 1. The zero-order valence-corrected chi connectivity index (χ0v) is 15.7. The van der Waals surface area contributed by atoms with E-state index in [1.54, 1.807) is 12.1 Å². The Morgan fingerprint density at radius 1 is 1.07 bits per heavy atom. The van der Waals surface area contributed by atoms with Crippen molar-refractivity contribution in [1.82, 2.24) is 4.90 Å². The second-order valence-electron chi connectivity index (χ2n) is 6.32. The summed E-state index contributed by atoms with van der Waals surface area (Å²) in [5.41, 5.74) is 0.269. The SMILES string of the molecule is Cc1ccc(NC(=O)CN(C)C(=O)COC(=O)c2cccc(C(F)(F)F)c2)cc1. The molecule has 2 amide bonds. The second kappa shape index (κ2) is 9.22. The predicted octanol–water partition coefficient (Wildman–Crippen LogP) is 3.27. The Balaban J connectivity index is 1.85. The monoisotopic (exact) mass is 408 g/mol. The maximum absolute atomic E-state index is 12.7. The Hall–Kier alpha value is -3.36. The number of anilines is 1. The van der Waals surface area contributed by atoms with Crippen molar-refractivity contribution in [3.05, 3.63) is 65.2 Å². The highest BCUT2D eigenvalue weighted by molar-refractivity contribution is 5.95. The van der Waals surface area contributed by atoms with Gasteiger partial charge in [-0.15, -0.1) is 0 Å². The Bertz CT molecular complexity index is 895. The molecule has 0 aliphatic heterocycles. The quantitative estimate of drug-likeness (QED) is 0.745. The highest BCUT2D eigenvalue weighted by Crippen LogP contribution is 2.29. The Labute approximate surface area is 165 Å². The summed E-state index contributed by atoms with van der Waals surface area (Å²) in [4.78, 5) is 37.0. The number of benzene rings is 2. The average Bonchev–Trinajstić information content (AvgIpc) is 2.67. The van der Waals surface area contributed by atoms with Crippen LogP contribution in [0.5, 0.6) is 0 Å². The molecule has 0 unspecified atom stereocenters. The summed E-state index contributed by atoms with van der Waals surface area (Å²) >= 11 is 0. The number of esters is 1. The van der Waals surface area contributed by atoms with Gasteiger partial charge < -0.3 is 15.0 Å². The number of amides is 2. The van der Waals surface area contributed by atoms with Crippen molar-refractivity contribution in [2.75, 3.05) is 25.5 Å². The third-order valence-corrected chi connectivity index (χ3v) is 3.89. The van der Waals surface area contributed by atoms with Crippen molar-refractivity contribution in [2.45, 2.75) is 13.1 Å². The number of nitrogens with one attached hydrogen (secondary N) is 1. The number of halogens is 3. The summed E-state index contributed by atoms with van der Waals surface area (Å²) in [5.74, 6) is -2.19. The molecular weight excluding hydrogens is 389 g/mol. The predicted molar refractivity (Wildman–Crippen MR) is 99.2 cm³/mol. The largest absolute Gasteiger partial charge is 0.452 e. The molecule has 0 saturated carbocycles. The van der Waals surface area contributed by atoms with Crippen LogP contribution >= 0.6 is 0 Å². The smallest absolute Gasteiger partial charge is 0.416 e. The minimum atomic E-state index is -4.60. The number of hydrogen-bond acceptors (Lipinski definition) is 4. The first-order chi connectivity index (χ1) is 13.6. The van der Waals surface area contributed by atoms with Gasteiger partial charge in [0.1, 0.15) is 0 Å². The fourth-order valence-electron chi connectivity index (χ4n) is 2.28. The number of likely N-dealkylation sites (N-methyl/N-ethyl adjacent to an activating group) is 1. The van der Waals surface area contributed by atoms with Gasteiger partial charge in [0.15, 0.2) is 6.61 Å². The van der Waals surface area contributed by atoms with E-state index in [1.807, 2.05) is 19.1 Å². The molecule has 6 nitrogen and oxygen atoms in total. The molecule has 0 aliphatic rings. The molecule has 0 atom stereocenters. The van der Waals surface area contributed by atoms with Crippen LogP contribution in [0.1, 0.15) is 21.5 Å².